The van der Waals surface area contributed by atoms with Crippen LogP contribution in [0.5, 0.6) is 0 Å². The summed E-state index contributed by atoms with van der Waals surface area (Å²) >= 11 is 0. The average Bonchev–Trinajstić information content (AvgIpc) is 2.40. The third-order valence-electron chi connectivity index (χ3n) is 3.66. The minimum Gasteiger partial charge on any atom is -0.345 e. The number of nitrogens with zero attached hydrogens (tertiary/aromatic N) is 1. The lowest BCUT2D eigenvalue weighted by Crippen LogP contribution is -2.65. The SMILES string of the molecule is CCC1(C)C(=O)NCC(=O)N1Cc1ccccc1. The molecule has 1 saturated heterocycles. The van der Waals surface area contributed by atoms with E-state index in [-0.39, 0.29) is 18.4 Å². The lowest BCUT2D eigenvalue weighted by molar-refractivity contribution is -0.153. The molecule has 1 aromatic rings. The Morgan fingerprint density at radius 1 is 1.28 bits per heavy atom. The zero-order valence-corrected chi connectivity index (χ0v) is 10.8. The molecule has 96 valence electrons. The second-order valence-corrected chi connectivity index (χ2v) is 4.78. The van der Waals surface area contributed by atoms with Gasteiger partial charge in [0.25, 0.3) is 0 Å². The highest BCUT2D eigenvalue weighted by Gasteiger charge is 2.43. The zero-order chi connectivity index (χ0) is 13.2. The van der Waals surface area contributed by atoms with Crippen molar-refractivity contribution in [3.63, 3.8) is 0 Å². The lowest BCUT2D eigenvalue weighted by atomic mass is 9.92. The van der Waals surface area contributed by atoms with Crippen LogP contribution < -0.4 is 5.32 Å². The van der Waals surface area contributed by atoms with Crippen LogP contribution in [0.15, 0.2) is 30.3 Å². The maximum Gasteiger partial charge on any atom is 0.246 e. The van der Waals surface area contributed by atoms with Crippen molar-refractivity contribution in [2.75, 3.05) is 6.54 Å². The van der Waals surface area contributed by atoms with Gasteiger partial charge in [0, 0.05) is 6.54 Å². The number of rotatable bonds is 3. The number of nitrogens with one attached hydrogen (secondary N) is 1. The second-order valence-electron chi connectivity index (χ2n) is 4.78. The Morgan fingerprint density at radius 3 is 2.56 bits per heavy atom. The predicted octanol–water partition coefficient (Wildman–Crippen LogP) is 1.31. The number of piperazine rings is 1. The fourth-order valence-electron chi connectivity index (χ4n) is 2.22. The molecule has 1 aliphatic heterocycles. The number of hydrogen-bond acceptors (Lipinski definition) is 2. The first-order chi connectivity index (χ1) is 8.58. The van der Waals surface area contributed by atoms with Crippen molar-refractivity contribution in [3.05, 3.63) is 35.9 Å². The van der Waals surface area contributed by atoms with Gasteiger partial charge in [-0.05, 0) is 18.9 Å². The van der Waals surface area contributed by atoms with E-state index in [2.05, 4.69) is 5.32 Å². The first kappa shape index (κ1) is 12.6. The van der Waals surface area contributed by atoms with Gasteiger partial charge in [0.1, 0.15) is 5.54 Å². The molecular formula is C14H18N2O2. The maximum absolute atomic E-state index is 12.0. The van der Waals surface area contributed by atoms with E-state index in [1.807, 2.05) is 44.2 Å². The van der Waals surface area contributed by atoms with Crippen molar-refractivity contribution in [2.45, 2.75) is 32.4 Å². The lowest BCUT2D eigenvalue weighted by Gasteiger charge is -2.43. The molecule has 0 saturated carbocycles. The van der Waals surface area contributed by atoms with Crippen LogP contribution in [0, 0.1) is 0 Å². The Balaban J connectivity index is 2.27. The minimum atomic E-state index is -0.745. The Bertz CT molecular complexity index is 458. The Labute approximate surface area is 107 Å². The van der Waals surface area contributed by atoms with Gasteiger partial charge in [-0.15, -0.1) is 0 Å². The highest BCUT2D eigenvalue weighted by molar-refractivity contribution is 5.97. The summed E-state index contributed by atoms with van der Waals surface area (Å²) in [4.78, 5) is 25.7. The number of carbonyl (C=O) groups is 2. The minimum absolute atomic E-state index is 0.0252. The van der Waals surface area contributed by atoms with Gasteiger partial charge in [-0.2, -0.15) is 0 Å². The molecule has 0 spiro atoms. The first-order valence-corrected chi connectivity index (χ1v) is 6.20. The fraction of sp³-hybridized carbons (Fsp3) is 0.429. The molecule has 1 fully saturated rings. The summed E-state index contributed by atoms with van der Waals surface area (Å²) in [5, 5.41) is 2.66. The molecule has 1 atom stereocenters. The number of hydrogen-bond donors (Lipinski definition) is 1. The summed E-state index contributed by atoms with van der Waals surface area (Å²) in [6, 6.07) is 9.75. The van der Waals surface area contributed by atoms with E-state index >= 15 is 0 Å². The van der Waals surface area contributed by atoms with Gasteiger partial charge in [0.05, 0.1) is 6.54 Å². The maximum atomic E-state index is 12.0. The molecule has 0 aromatic heterocycles. The van der Waals surface area contributed by atoms with Crippen LogP contribution in [0.3, 0.4) is 0 Å². The molecule has 2 amide bonds. The third kappa shape index (κ3) is 2.10. The van der Waals surface area contributed by atoms with Crippen LogP contribution in [0.2, 0.25) is 0 Å². The molecule has 1 unspecified atom stereocenters. The fourth-order valence-corrected chi connectivity index (χ4v) is 2.22. The van der Waals surface area contributed by atoms with Crippen LogP contribution >= 0.6 is 0 Å². The van der Waals surface area contributed by atoms with Gasteiger partial charge in [-0.3, -0.25) is 9.59 Å². The standard InChI is InChI=1S/C14H18N2O2/c1-3-14(2)13(18)15-9-12(17)16(14)10-11-7-5-4-6-8-11/h4-8H,3,9-10H2,1-2H3,(H,15,18). The van der Waals surface area contributed by atoms with Crippen molar-refractivity contribution in [1.82, 2.24) is 10.2 Å². The van der Waals surface area contributed by atoms with Gasteiger partial charge >= 0.3 is 0 Å². The van der Waals surface area contributed by atoms with Gasteiger partial charge in [-0.1, -0.05) is 37.3 Å². The summed E-state index contributed by atoms with van der Waals surface area (Å²) in [6.45, 7) is 4.33. The highest BCUT2D eigenvalue weighted by atomic mass is 16.2. The zero-order valence-electron chi connectivity index (χ0n) is 10.8. The van der Waals surface area contributed by atoms with Crippen molar-refractivity contribution in [3.8, 4) is 0 Å². The smallest absolute Gasteiger partial charge is 0.246 e. The van der Waals surface area contributed by atoms with Gasteiger partial charge in [-0.25, -0.2) is 0 Å². The molecule has 4 heteroatoms. The van der Waals surface area contributed by atoms with Gasteiger partial charge in [0.2, 0.25) is 11.8 Å². The molecule has 1 heterocycles. The summed E-state index contributed by atoms with van der Waals surface area (Å²) < 4.78 is 0. The van der Waals surface area contributed by atoms with Crippen LogP contribution in [0.25, 0.3) is 0 Å². The third-order valence-corrected chi connectivity index (χ3v) is 3.66. The topological polar surface area (TPSA) is 49.4 Å². The van der Waals surface area contributed by atoms with E-state index in [9.17, 15) is 9.59 Å². The predicted molar refractivity (Wildman–Crippen MR) is 68.7 cm³/mol. The molecular weight excluding hydrogens is 228 g/mol. The normalized spacial score (nSPS) is 24.0. The molecule has 0 radical (unpaired) electrons. The van der Waals surface area contributed by atoms with E-state index in [1.165, 1.54) is 0 Å². The average molecular weight is 246 g/mol. The van der Waals surface area contributed by atoms with E-state index in [4.69, 9.17) is 0 Å². The number of carbonyl (C=O) groups excluding carboxylic acids is 2. The Morgan fingerprint density at radius 2 is 1.94 bits per heavy atom. The summed E-state index contributed by atoms with van der Waals surface area (Å²) in [5.74, 6) is -0.0941. The van der Waals surface area contributed by atoms with E-state index in [1.54, 1.807) is 4.90 Å². The number of benzene rings is 1. The van der Waals surface area contributed by atoms with Crippen molar-refractivity contribution in [1.29, 1.82) is 0 Å². The molecule has 2 rings (SSSR count). The molecule has 0 bridgehead atoms. The monoisotopic (exact) mass is 246 g/mol. The Hall–Kier alpha value is -1.84. The van der Waals surface area contributed by atoms with Crippen molar-refractivity contribution >= 4 is 11.8 Å². The summed E-state index contributed by atoms with van der Waals surface area (Å²) in [6.07, 6.45) is 0.609. The van der Waals surface area contributed by atoms with Crippen molar-refractivity contribution < 1.29 is 9.59 Å². The summed E-state index contributed by atoms with van der Waals surface area (Å²) in [5.41, 5.74) is 0.297. The first-order valence-electron chi connectivity index (χ1n) is 6.20. The summed E-state index contributed by atoms with van der Waals surface area (Å²) in [7, 11) is 0. The van der Waals surface area contributed by atoms with Crippen molar-refractivity contribution in [2.24, 2.45) is 0 Å². The highest BCUT2D eigenvalue weighted by Crippen LogP contribution is 2.25. The van der Waals surface area contributed by atoms with E-state index in [0.717, 1.165) is 5.56 Å². The largest absolute Gasteiger partial charge is 0.345 e. The van der Waals surface area contributed by atoms with E-state index in [0.29, 0.717) is 13.0 Å². The quantitative estimate of drug-likeness (QED) is 0.874. The van der Waals surface area contributed by atoms with Gasteiger partial charge in [0.15, 0.2) is 0 Å². The van der Waals surface area contributed by atoms with Crippen LogP contribution in [-0.2, 0) is 16.1 Å². The van der Waals surface area contributed by atoms with Crippen LogP contribution in [0.4, 0.5) is 0 Å². The molecule has 4 nitrogen and oxygen atoms in total. The van der Waals surface area contributed by atoms with Gasteiger partial charge < -0.3 is 10.2 Å². The molecule has 0 aliphatic carbocycles. The molecule has 1 N–H and O–H groups in total. The molecule has 1 aromatic carbocycles. The number of amides is 2. The van der Waals surface area contributed by atoms with Crippen LogP contribution in [0.1, 0.15) is 25.8 Å². The molecule has 18 heavy (non-hydrogen) atoms. The second kappa shape index (κ2) is 4.80. The van der Waals surface area contributed by atoms with E-state index < -0.39 is 5.54 Å². The Kier molecular flexibility index (Phi) is 3.36. The molecule has 1 aliphatic rings. The van der Waals surface area contributed by atoms with Crippen LogP contribution in [-0.4, -0.2) is 28.8 Å².